The minimum absolute atomic E-state index is 0.0202. The van der Waals surface area contributed by atoms with E-state index in [4.69, 9.17) is 4.42 Å². The van der Waals surface area contributed by atoms with Gasteiger partial charge in [-0.1, -0.05) is 0 Å². The Kier molecular flexibility index (Phi) is 3.32. The van der Waals surface area contributed by atoms with Crippen LogP contribution < -0.4 is 5.32 Å². The Balaban J connectivity index is 1.79. The molecule has 1 aromatic rings. The third-order valence-electron chi connectivity index (χ3n) is 2.68. The summed E-state index contributed by atoms with van der Waals surface area (Å²) in [6.07, 6.45) is 1.50. The molecule has 0 aromatic carbocycles. The first-order valence-electron chi connectivity index (χ1n) is 5.21. The summed E-state index contributed by atoms with van der Waals surface area (Å²) >= 11 is 0. The van der Waals surface area contributed by atoms with Gasteiger partial charge in [-0.15, -0.1) is 0 Å². The van der Waals surface area contributed by atoms with Crippen LogP contribution in [0.1, 0.15) is 5.76 Å². The highest BCUT2D eigenvalue weighted by Crippen LogP contribution is 2.12. The molecule has 16 heavy (non-hydrogen) atoms. The summed E-state index contributed by atoms with van der Waals surface area (Å²) < 4.78 is 27.6. The molecule has 1 aromatic heterocycles. The molecule has 0 saturated carbocycles. The van der Waals surface area contributed by atoms with E-state index >= 15 is 0 Å². The zero-order valence-electron chi connectivity index (χ0n) is 8.80. The fraction of sp³-hybridized carbons (Fsp3) is 0.600. The smallest absolute Gasteiger partial charge is 0.154 e. The van der Waals surface area contributed by atoms with E-state index in [9.17, 15) is 13.5 Å². The SMILES string of the molecule is O=S1(=O)CC(O)C(NCCc2ccco2)C1. The van der Waals surface area contributed by atoms with Crippen LogP contribution in [0.4, 0.5) is 0 Å². The molecule has 0 radical (unpaired) electrons. The van der Waals surface area contributed by atoms with Crippen molar-refractivity contribution in [1.29, 1.82) is 0 Å². The van der Waals surface area contributed by atoms with Crippen LogP contribution in [0.15, 0.2) is 22.8 Å². The quantitative estimate of drug-likeness (QED) is 0.752. The van der Waals surface area contributed by atoms with Crippen molar-refractivity contribution in [2.45, 2.75) is 18.6 Å². The molecule has 2 unspecified atom stereocenters. The van der Waals surface area contributed by atoms with Gasteiger partial charge in [0.1, 0.15) is 5.76 Å². The normalized spacial score (nSPS) is 28.3. The number of aliphatic hydroxyl groups excluding tert-OH is 1. The van der Waals surface area contributed by atoms with Crippen LogP contribution in [-0.4, -0.2) is 43.7 Å². The molecular weight excluding hydrogens is 230 g/mol. The molecule has 2 N–H and O–H groups in total. The van der Waals surface area contributed by atoms with Gasteiger partial charge in [0.15, 0.2) is 9.84 Å². The summed E-state index contributed by atoms with van der Waals surface area (Å²) in [5.41, 5.74) is 0. The number of nitrogens with one attached hydrogen (secondary N) is 1. The van der Waals surface area contributed by atoms with Crippen molar-refractivity contribution in [1.82, 2.24) is 5.32 Å². The van der Waals surface area contributed by atoms with Crippen LogP contribution in [-0.2, 0) is 16.3 Å². The lowest BCUT2D eigenvalue weighted by Crippen LogP contribution is -2.39. The van der Waals surface area contributed by atoms with Crippen molar-refractivity contribution in [2.75, 3.05) is 18.1 Å². The Morgan fingerprint density at radius 3 is 2.88 bits per heavy atom. The molecule has 5 nitrogen and oxygen atoms in total. The fourth-order valence-corrected chi connectivity index (χ4v) is 3.64. The van der Waals surface area contributed by atoms with Crippen LogP contribution in [0.25, 0.3) is 0 Å². The van der Waals surface area contributed by atoms with E-state index in [0.717, 1.165) is 5.76 Å². The lowest BCUT2D eigenvalue weighted by atomic mass is 10.2. The van der Waals surface area contributed by atoms with E-state index in [1.54, 1.807) is 6.26 Å². The van der Waals surface area contributed by atoms with Gasteiger partial charge in [0.25, 0.3) is 0 Å². The van der Waals surface area contributed by atoms with E-state index in [1.807, 2.05) is 12.1 Å². The Bertz CT molecular complexity index is 426. The fourth-order valence-electron chi connectivity index (χ4n) is 1.86. The van der Waals surface area contributed by atoms with Gasteiger partial charge in [-0.05, 0) is 12.1 Å². The van der Waals surface area contributed by atoms with Crippen molar-refractivity contribution < 1.29 is 17.9 Å². The minimum Gasteiger partial charge on any atom is -0.469 e. The zero-order chi connectivity index (χ0) is 11.6. The van der Waals surface area contributed by atoms with Crippen molar-refractivity contribution in [3.05, 3.63) is 24.2 Å². The van der Waals surface area contributed by atoms with Crippen molar-refractivity contribution >= 4 is 9.84 Å². The Hall–Kier alpha value is -0.850. The summed E-state index contributed by atoms with van der Waals surface area (Å²) in [6, 6.07) is 3.33. The molecule has 90 valence electrons. The topological polar surface area (TPSA) is 79.5 Å². The van der Waals surface area contributed by atoms with Crippen LogP contribution in [0.3, 0.4) is 0 Å². The summed E-state index contributed by atoms with van der Waals surface area (Å²) in [6.45, 7) is 0.602. The molecule has 0 amide bonds. The maximum absolute atomic E-state index is 11.2. The summed E-state index contributed by atoms with van der Waals surface area (Å²) in [4.78, 5) is 0. The minimum atomic E-state index is -3.06. The van der Waals surface area contributed by atoms with Gasteiger partial charge in [-0.3, -0.25) is 0 Å². The van der Waals surface area contributed by atoms with Gasteiger partial charge >= 0.3 is 0 Å². The maximum Gasteiger partial charge on any atom is 0.154 e. The first-order valence-corrected chi connectivity index (χ1v) is 7.03. The largest absolute Gasteiger partial charge is 0.469 e. The van der Waals surface area contributed by atoms with E-state index < -0.39 is 15.9 Å². The predicted octanol–water partition coefficient (Wildman–Crippen LogP) is -0.430. The molecule has 1 saturated heterocycles. The Morgan fingerprint density at radius 2 is 2.31 bits per heavy atom. The van der Waals surface area contributed by atoms with Crippen molar-refractivity contribution in [3.8, 4) is 0 Å². The van der Waals surface area contributed by atoms with E-state index in [1.165, 1.54) is 0 Å². The van der Waals surface area contributed by atoms with Crippen LogP contribution in [0.5, 0.6) is 0 Å². The average molecular weight is 245 g/mol. The van der Waals surface area contributed by atoms with Crippen LogP contribution in [0, 0.1) is 0 Å². The molecule has 0 bridgehead atoms. The zero-order valence-corrected chi connectivity index (χ0v) is 9.61. The number of aliphatic hydroxyl groups is 1. The highest BCUT2D eigenvalue weighted by Gasteiger charge is 2.35. The summed E-state index contributed by atoms with van der Waals surface area (Å²) in [5, 5.41) is 12.6. The number of rotatable bonds is 4. The van der Waals surface area contributed by atoms with Gasteiger partial charge in [0.05, 0.1) is 23.9 Å². The highest BCUT2D eigenvalue weighted by molar-refractivity contribution is 7.91. The van der Waals surface area contributed by atoms with Gasteiger partial charge in [0.2, 0.25) is 0 Å². The molecule has 0 aliphatic carbocycles. The number of hydrogen-bond donors (Lipinski definition) is 2. The molecule has 6 heteroatoms. The van der Waals surface area contributed by atoms with Crippen molar-refractivity contribution in [3.63, 3.8) is 0 Å². The lowest BCUT2D eigenvalue weighted by Gasteiger charge is -2.13. The first kappa shape index (κ1) is 11.6. The second-order valence-electron chi connectivity index (χ2n) is 4.03. The van der Waals surface area contributed by atoms with Gasteiger partial charge in [-0.2, -0.15) is 0 Å². The summed E-state index contributed by atoms with van der Waals surface area (Å²) in [7, 11) is -3.06. The lowest BCUT2D eigenvalue weighted by molar-refractivity contribution is 0.166. The molecule has 2 rings (SSSR count). The van der Waals surface area contributed by atoms with Gasteiger partial charge in [0, 0.05) is 19.0 Å². The Labute approximate surface area is 94.4 Å². The second-order valence-corrected chi connectivity index (χ2v) is 6.19. The number of sulfone groups is 1. The van der Waals surface area contributed by atoms with Crippen LogP contribution in [0.2, 0.25) is 0 Å². The number of hydrogen-bond acceptors (Lipinski definition) is 5. The van der Waals surface area contributed by atoms with E-state index in [-0.39, 0.29) is 17.5 Å². The molecule has 2 heterocycles. The highest BCUT2D eigenvalue weighted by atomic mass is 32.2. The standard InChI is InChI=1S/C10H15NO4S/c12-10-7-16(13,14)6-9(10)11-4-3-8-2-1-5-15-8/h1-2,5,9-12H,3-4,6-7H2. The van der Waals surface area contributed by atoms with E-state index in [2.05, 4.69) is 5.32 Å². The van der Waals surface area contributed by atoms with Gasteiger partial charge in [-0.25, -0.2) is 8.42 Å². The first-order chi connectivity index (χ1) is 7.57. The predicted molar refractivity (Wildman–Crippen MR) is 58.9 cm³/mol. The molecular formula is C10H15NO4S. The summed E-state index contributed by atoms with van der Waals surface area (Å²) in [5.74, 6) is 0.737. The van der Waals surface area contributed by atoms with Crippen LogP contribution >= 0.6 is 0 Å². The number of furan rings is 1. The second kappa shape index (κ2) is 4.57. The molecule has 1 aliphatic heterocycles. The molecule has 1 aliphatic rings. The van der Waals surface area contributed by atoms with Crippen molar-refractivity contribution in [2.24, 2.45) is 0 Å². The average Bonchev–Trinajstić information content (AvgIpc) is 2.75. The third kappa shape index (κ3) is 2.84. The molecule has 2 atom stereocenters. The van der Waals surface area contributed by atoms with E-state index in [0.29, 0.717) is 13.0 Å². The maximum atomic E-state index is 11.2. The molecule has 0 spiro atoms. The monoisotopic (exact) mass is 245 g/mol. The third-order valence-corrected chi connectivity index (χ3v) is 4.40. The Morgan fingerprint density at radius 1 is 1.50 bits per heavy atom. The van der Waals surface area contributed by atoms with Gasteiger partial charge < -0.3 is 14.8 Å². The molecule has 1 fully saturated rings.